The van der Waals surface area contributed by atoms with Crippen LogP contribution in [0.3, 0.4) is 0 Å². The molecule has 0 bridgehead atoms. The number of fused-ring (bicyclic) bond motifs is 1. The molecule has 0 saturated carbocycles. The number of esters is 2. The van der Waals surface area contributed by atoms with Crippen molar-refractivity contribution in [3.8, 4) is 0 Å². The molecule has 3 N–H and O–H groups in total. The Morgan fingerprint density at radius 2 is 1.20 bits per heavy atom. The molecule has 4 rings (SSSR count). The number of aryl methyl sites for hydroxylation is 2. The van der Waals surface area contributed by atoms with Crippen LogP contribution in [0.1, 0.15) is 42.2 Å². The molecule has 2 amide bonds. The van der Waals surface area contributed by atoms with Gasteiger partial charge < -0.3 is 14.6 Å². The minimum Gasteiger partial charge on any atom is -0.478 e. The molecule has 0 fully saturated rings. The molecule has 0 radical (unpaired) electrons. The van der Waals surface area contributed by atoms with Crippen molar-refractivity contribution in [2.24, 2.45) is 0 Å². The lowest BCUT2D eigenvalue weighted by Crippen LogP contribution is -2.54. The second kappa shape index (κ2) is 12.6. The Morgan fingerprint density at radius 3 is 1.78 bits per heavy atom. The maximum atomic E-state index is 13.2. The third-order valence-electron chi connectivity index (χ3n) is 6.09. The van der Waals surface area contributed by atoms with Gasteiger partial charge in [0, 0.05) is 5.56 Å². The number of rotatable bonds is 8. The molecule has 4 aromatic carbocycles. The summed E-state index contributed by atoms with van der Waals surface area (Å²) in [6.45, 7) is 3.46. The number of ether oxygens (including phenoxy) is 2. The Labute approximate surface area is 234 Å². The molecule has 0 aliphatic heterocycles. The zero-order chi connectivity index (χ0) is 29.5. The van der Waals surface area contributed by atoms with Crippen LogP contribution in [0.15, 0.2) is 91.0 Å². The van der Waals surface area contributed by atoms with Crippen molar-refractivity contribution >= 4 is 40.5 Å². The molecule has 0 aliphatic carbocycles. The minimum absolute atomic E-state index is 0.0321. The number of carbonyl (C=O) groups is 5. The van der Waals surface area contributed by atoms with Crippen LogP contribution in [-0.4, -0.2) is 47.0 Å². The fourth-order valence-electron chi connectivity index (χ4n) is 4.09. The van der Waals surface area contributed by atoms with E-state index in [0.29, 0.717) is 16.5 Å². The van der Waals surface area contributed by atoms with Gasteiger partial charge in [0.2, 0.25) is 12.2 Å². The average molecular weight is 555 g/mol. The highest BCUT2D eigenvalue weighted by Crippen LogP contribution is 2.19. The molecule has 2 atom stereocenters. The number of carboxylic acid groups (broad SMARTS) is 1. The van der Waals surface area contributed by atoms with Crippen molar-refractivity contribution in [3.05, 3.63) is 119 Å². The van der Waals surface area contributed by atoms with Crippen LogP contribution < -0.4 is 10.9 Å². The third kappa shape index (κ3) is 6.93. The highest BCUT2D eigenvalue weighted by molar-refractivity contribution is 6.07. The van der Waals surface area contributed by atoms with Gasteiger partial charge in [-0.2, -0.15) is 0 Å². The number of nitrogens with one attached hydrogen (secondary N) is 2. The normalized spacial score (nSPS) is 12.0. The summed E-state index contributed by atoms with van der Waals surface area (Å²) in [6.07, 6.45) is -4.41. The Kier molecular flexibility index (Phi) is 8.73. The van der Waals surface area contributed by atoms with E-state index in [1.54, 1.807) is 62.4 Å². The predicted octanol–water partition coefficient (Wildman–Crippen LogP) is 3.75. The predicted molar refractivity (Wildman–Crippen MR) is 148 cm³/mol. The number of aliphatic carboxylic acids is 1. The first kappa shape index (κ1) is 28.5. The summed E-state index contributed by atoms with van der Waals surface area (Å²) in [4.78, 5) is 64.1. The first-order valence-electron chi connectivity index (χ1n) is 12.5. The second-order valence-electron chi connectivity index (χ2n) is 9.20. The summed E-state index contributed by atoms with van der Waals surface area (Å²) in [6, 6.07) is 24.5. The number of benzene rings is 4. The Morgan fingerprint density at radius 1 is 0.659 bits per heavy atom. The number of hydrogen-bond donors (Lipinski definition) is 3. The number of carboxylic acids is 1. The molecule has 10 nitrogen and oxygen atoms in total. The van der Waals surface area contributed by atoms with Crippen molar-refractivity contribution in [1.29, 1.82) is 0 Å². The number of hydrogen-bond acceptors (Lipinski definition) is 7. The van der Waals surface area contributed by atoms with E-state index >= 15 is 0 Å². The molecule has 41 heavy (non-hydrogen) atoms. The number of amides is 2. The maximum absolute atomic E-state index is 13.2. The van der Waals surface area contributed by atoms with Gasteiger partial charge in [-0.25, -0.2) is 14.4 Å². The molecule has 208 valence electrons. The smallest absolute Gasteiger partial charge is 0.349 e. The number of hydrazine groups is 1. The van der Waals surface area contributed by atoms with Gasteiger partial charge >= 0.3 is 17.9 Å². The highest BCUT2D eigenvalue weighted by Gasteiger charge is 2.41. The van der Waals surface area contributed by atoms with Crippen molar-refractivity contribution in [2.45, 2.75) is 26.1 Å². The van der Waals surface area contributed by atoms with Crippen LogP contribution in [0, 0.1) is 13.8 Å². The number of carbonyl (C=O) groups excluding carboxylic acids is 4. The van der Waals surface area contributed by atoms with Gasteiger partial charge in [-0.05, 0) is 55.0 Å². The van der Waals surface area contributed by atoms with E-state index in [4.69, 9.17) is 9.47 Å². The van der Waals surface area contributed by atoms with Crippen LogP contribution in [-0.2, 0) is 19.1 Å². The molecule has 0 aliphatic rings. The molecule has 0 spiro atoms. The van der Waals surface area contributed by atoms with E-state index in [-0.39, 0.29) is 16.7 Å². The van der Waals surface area contributed by atoms with Gasteiger partial charge in [-0.1, -0.05) is 71.8 Å². The van der Waals surface area contributed by atoms with Crippen LogP contribution in [0.25, 0.3) is 10.8 Å². The molecule has 10 heteroatoms. The Hall–Kier alpha value is -5.51. The Bertz CT molecular complexity index is 1640. The quantitative estimate of drug-likeness (QED) is 0.220. The SMILES string of the molecule is Cc1cccc(C(=O)O[C@@H](C(=O)O)[C@@H](OC(=O)c2cccc(C)c2)C(=O)NNC(=O)c2cccc3ccccc23)c1. The molecular weight excluding hydrogens is 528 g/mol. The first-order chi connectivity index (χ1) is 19.6. The molecule has 0 saturated heterocycles. The zero-order valence-corrected chi connectivity index (χ0v) is 22.1. The monoisotopic (exact) mass is 554 g/mol. The fourth-order valence-corrected chi connectivity index (χ4v) is 4.09. The summed E-state index contributed by atoms with van der Waals surface area (Å²) < 4.78 is 10.4. The van der Waals surface area contributed by atoms with E-state index in [0.717, 1.165) is 5.39 Å². The molecule has 0 heterocycles. The molecule has 0 unspecified atom stereocenters. The highest BCUT2D eigenvalue weighted by atomic mass is 16.6. The largest absolute Gasteiger partial charge is 0.478 e. The summed E-state index contributed by atoms with van der Waals surface area (Å²) in [7, 11) is 0. The van der Waals surface area contributed by atoms with E-state index in [2.05, 4.69) is 10.9 Å². The molecular formula is C31H26N2O8. The summed E-state index contributed by atoms with van der Waals surface area (Å²) >= 11 is 0. The minimum atomic E-state index is -2.24. The van der Waals surface area contributed by atoms with Crippen LogP contribution in [0.4, 0.5) is 0 Å². The van der Waals surface area contributed by atoms with Crippen LogP contribution in [0.5, 0.6) is 0 Å². The van der Waals surface area contributed by atoms with Gasteiger partial charge in [-0.15, -0.1) is 0 Å². The van der Waals surface area contributed by atoms with Crippen LogP contribution in [0.2, 0.25) is 0 Å². The lowest BCUT2D eigenvalue weighted by atomic mass is 10.0. The van der Waals surface area contributed by atoms with Crippen molar-refractivity contribution in [2.75, 3.05) is 0 Å². The van der Waals surface area contributed by atoms with E-state index in [1.165, 1.54) is 24.3 Å². The van der Waals surface area contributed by atoms with Crippen LogP contribution >= 0.6 is 0 Å². The van der Waals surface area contributed by atoms with E-state index < -0.39 is 41.9 Å². The molecule has 4 aromatic rings. The Balaban J connectivity index is 1.59. The standard InChI is InChI=1S/C31H26N2O8/c1-18-8-5-12-21(16-18)30(38)40-25(26(29(36)37)41-31(39)22-13-6-9-19(2)17-22)28(35)33-32-27(34)24-15-7-11-20-10-3-4-14-23(20)24/h3-17,25-26H,1-2H3,(H,32,34)(H,33,35)(H,36,37)/t25-,26-/m1/s1. The van der Waals surface area contributed by atoms with Crippen molar-refractivity contribution < 1.29 is 38.6 Å². The van der Waals surface area contributed by atoms with E-state index in [1.807, 2.05) is 18.2 Å². The topological polar surface area (TPSA) is 148 Å². The lowest BCUT2D eigenvalue weighted by Gasteiger charge is -2.23. The van der Waals surface area contributed by atoms with E-state index in [9.17, 15) is 29.1 Å². The maximum Gasteiger partial charge on any atom is 0.349 e. The third-order valence-corrected chi connectivity index (χ3v) is 6.09. The van der Waals surface area contributed by atoms with Crippen molar-refractivity contribution in [1.82, 2.24) is 10.9 Å². The second-order valence-corrected chi connectivity index (χ2v) is 9.20. The van der Waals surface area contributed by atoms with Gasteiger partial charge in [0.25, 0.3) is 11.8 Å². The summed E-state index contributed by atoms with van der Waals surface area (Å²) in [5.74, 6) is -5.77. The molecule has 0 aromatic heterocycles. The van der Waals surface area contributed by atoms with Crippen molar-refractivity contribution in [3.63, 3.8) is 0 Å². The summed E-state index contributed by atoms with van der Waals surface area (Å²) in [5.41, 5.74) is 6.04. The van der Waals surface area contributed by atoms with Gasteiger partial charge in [-0.3, -0.25) is 20.4 Å². The fraction of sp³-hybridized carbons (Fsp3) is 0.129. The van der Waals surface area contributed by atoms with Gasteiger partial charge in [0.15, 0.2) is 0 Å². The lowest BCUT2D eigenvalue weighted by molar-refractivity contribution is -0.159. The first-order valence-corrected chi connectivity index (χ1v) is 12.5. The zero-order valence-electron chi connectivity index (χ0n) is 22.1. The van der Waals surface area contributed by atoms with Gasteiger partial charge in [0.1, 0.15) is 0 Å². The van der Waals surface area contributed by atoms with Gasteiger partial charge in [0.05, 0.1) is 11.1 Å². The average Bonchev–Trinajstić information content (AvgIpc) is 2.96. The summed E-state index contributed by atoms with van der Waals surface area (Å²) in [5, 5.41) is 11.3.